The highest BCUT2D eigenvalue weighted by Crippen LogP contribution is 2.34. The highest BCUT2D eigenvalue weighted by atomic mass is 35.5. The van der Waals surface area contributed by atoms with Crippen LogP contribution in [0.1, 0.15) is 0 Å². The number of halogens is 1. The number of nitrogens with zero attached hydrogens (tertiary/aromatic N) is 2. The van der Waals surface area contributed by atoms with E-state index in [1.54, 1.807) is 12.4 Å². The van der Waals surface area contributed by atoms with Gasteiger partial charge in [0.15, 0.2) is 0 Å². The largest absolute Gasteiger partial charge is 0.396 e. The average Bonchev–Trinajstić information content (AvgIpc) is 2.64. The molecule has 0 saturated carbocycles. The first-order valence-corrected chi connectivity index (χ1v) is 5.61. The molecule has 3 aromatic rings. The topological polar surface area (TPSA) is 43.8 Å². The van der Waals surface area contributed by atoms with E-state index in [4.69, 9.17) is 17.3 Å². The Kier molecular flexibility index (Phi) is 2.27. The molecule has 0 unspecified atom stereocenters. The molecule has 0 spiro atoms. The molecule has 17 heavy (non-hydrogen) atoms. The van der Waals surface area contributed by atoms with Gasteiger partial charge in [-0.2, -0.15) is 0 Å². The fourth-order valence-corrected chi connectivity index (χ4v) is 2.27. The number of pyridine rings is 1. The standard InChI is InChI=1S/C13H10ClN3/c14-13-12(15)10-3-1-2-4-11(10)17(13)9-5-7-16-8-6-9/h1-8H,15H2. The summed E-state index contributed by atoms with van der Waals surface area (Å²) in [5.74, 6) is 0. The van der Waals surface area contributed by atoms with E-state index >= 15 is 0 Å². The zero-order chi connectivity index (χ0) is 11.8. The molecule has 0 aliphatic rings. The van der Waals surface area contributed by atoms with Crippen LogP contribution in [-0.4, -0.2) is 9.55 Å². The molecule has 0 radical (unpaired) electrons. The summed E-state index contributed by atoms with van der Waals surface area (Å²) in [6.07, 6.45) is 3.47. The minimum absolute atomic E-state index is 0.539. The monoisotopic (exact) mass is 243 g/mol. The van der Waals surface area contributed by atoms with Crippen molar-refractivity contribution in [3.63, 3.8) is 0 Å². The molecule has 0 fully saturated rings. The van der Waals surface area contributed by atoms with E-state index in [0.29, 0.717) is 10.8 Å². The molecule has 0 atom stereocenters. The molecule has 0 bridgehead atoms. The first-order valence-electron chi connectivity index (χ1n) is 5.24. The van der Waals surface area contributed by atoms with E-state index < -0.39 is 0 Å². The van der Waals surface area contributed by atoms with Crippen LogP contribution in [0.25, 0.3) is 16.6 Å². The lowest BCUT2D eigenvalue weighted by Gasteiger charge is -2.05. The number of fused-ring (bicyclic) bond motifs is 1. The predicted octanol–water partition coefficient (Wildman–Crippen LogP) is 3.26. The van der Waals surface area contributed by atoms with Crippen molar-refractivity contribution < 1.29 is 0 Å². The van der Waals surface area contributed by atoms with Gasteiger partial charge < -0.3 is 5.73 Å². The lowest BCUT2D eigenvalue weighted by Crippen LogP contribution is -1.94. The maximum atomic E-state index is 6.29. The average molecular weight is 244 g/mol. The second-order valence-corrected chi connectivity index (χ2v) is 4.12. The molecule has 0 saturated heterocycles. The normalized spacial score (nSPS) is 10.9. The lowest BCUT2D eigenvalue weighted by atomic mass is 10.2. The third-order valence-electron chi connectivity index (χ3n) is 2.77. The Morgan fingerprint density at radius 3 is 2.53 bits per heavy atom. The molecule has 84 valence electrons. The van der Waals surface area contributed by atoms with Gasteiger partial charge in [-0.1, -0.05) is 29.8 Å². The minimum atomic E-state index is 0.539. The summed E-state index contributed by atoms with van der Waals surface area (Å²) in [7, 11) is 0. The van der Waals surface area contributed by atoms with Gasteiger partial charge in [0.1, 0.15) is 5.15 Å². The molecule has 3 nitrogen and oxygen atoms in total. The van der Waals surface area contributed by atoms with Crippen LogP contribution < -0.4 is 5.73 Å². The van der Waals surface area contributed by atoms with Gasteiger partial charge in [0.25, 0.3) is 0 Å². The Labute approximate surface area is 103 Å². The zero-order valence-corrected chi connectivity index (χ0v) is 9.72. The number of anilines is 1. The number of aromatic nitrogens is 2. The molecule has 2 N–H and O–H groups in total. The van der Waals surface area contributed by atoms with Crippen LogP contribution in [0, 0.1) is 0 Å². The van der Waals surface area contributed by atoms with Gasteiger partial charge in [-0.25, -0.2) is 0 Å². The molecule has 2 aromatic heterocycles. The molecule has 0 aliphatic carbocycles. The van der Waals surface area contributed by atoms with Crippen LogP contribution in [0.15, 0.2) is 48.8 Å². The fraction of sp³-hybridized carbons (Fsp3) is 0. The number of hydrogen-bond donors (Lipinski definition) is 1. The van der Waals surface area contributed by atoms with Crippen LogP contribution in [0.3, 0.4) is 0 Å². The third kappa shape index (κ3) is 1.47. The molecule has 3 rings (SSSR count). The number of hydrogen-bond acceptors (Lipinski definition) is 2. The molecule has 4 heteroatoms. The van der Waals surface area contributed by atoms with Crippen molar-refractivity contribution in [1.82, 2.24) is 9.55 Å². The Morgan fingerprint density at radius 2 is 1.76 bits per heavy atom. The van der Waals surface area contributed by atoms with Gasteiger partial charge in [0, 0.05) is 17.8 Å². The van der Waals surface area contributed by atoms with E-state index in [1.165, 1.54) is 0 Å². The van der Waals surface area contributed by atoms with Crippen molar-refractivity contribution in [3.8, 4) is 5.69 Å². The molecule has 0 amide bonds. The summed E-state index contributed by atoms with van der Waals surface area (Å²) in [5, 5.41) is 1.51. The van der Waals surface area contributed by atoms with Gasteiger partial charge in [-0.3, -0.25) is 9.55 Å². The number of nitrogen functional groups attached to an aromatic ring is 1. The number of benzene rings is 1. The van der Waals surface area contributed by atoms with Crippen molar-refractivity contribution in [2.24, 2.45) is 0 Å². The van der Waals surface area contributed by atoms with Gasteiger partial charge in [-0.15, -0.1) is 0 Å². The first kappa shape index (κ1) is 10.2. The molecule has 2 heterocycles. The second kappa shape index (κ2) is 3.79. The zero-order valence-electron chi connectivity index (χ0n) is 8.97. The Morgan fingerprint density at radius 1 is 1.06 bits per heavy atom. The van der Waals surface area contributed by atoms with E-state index in [9.17, 15) is 0 Å². The van der Waals surface area contributed by atoms with Crippen molar-refractivity contribution in [2.75, 3.05) is 5.73 Å². The third-order valence-corrected chi connectivity index (χ3v) is 3.15. The lowest BCUT2D eigenvalue weighted by molar-refractivity contribution is 1.11. The highest BCUT2D eigenvalue weighted by molar-refractivity contribution is 6.34. The fourth-order valence-electron chi connectivity index (χ4n) is 1.98. The summed E-state index contributed by atoms with van der Waals surface area (Å²) < 4.78 is 1.92. The summed E-state index contributed by atoms with van der Waals surface area (Å²) in [6.45, 7) is 0. The molecular formula is C13H10ClN3. The molecule has 0 aliphatic heterocycles. The number of para-hydroxylation sites is 1. The summed E-state index contributed by atoms with van der Waals surface area (Å²) in [4.78, 5) is 4.00. The number of nitrogens with two attached hydrogens (primary N) is 1. The Hall–Kier alpha value is -2.00. The van der Waals surface area contributed by atoms with E-state index in [1.807, 2.05) is 41.0 Å². The van der Waals surface area contributed by atoms with Crippen LogP contribution in [0.4, 0.5) is 5.69 Å². The van der Waals surface area contributed by atoms with Crippen LogP contribution in [0.5, 0.6) is 0 Å². The van der Waals surface area contributed by atoms with E-state index in [0.717, 1.165) is 16.6 Å². The van der Waals surface area contributed by atoms with Crippen molar-refractivity contribution in [2.45, 2.75) is 0 Å². The van der Waals surface area contributed by atoms with Crippen molar-refractivity contribution in [1.29, 1.82) is 0 Å². The van der Waals surface area contributed by atoms with Crippen molar-refractivity contribution in [3.05, 3.63) is 53.9 Å². The van der Waals surface area contributed by atoms with Gasteiger partial charge in [-0.05, 0) is 18.2 Å². The van der Waals surface area contributed by atoms with Gasteiger partial charge >= 0.3 is 0 Å². The van der Waals surface area contributed by atoms with Crippen LogP contribution in [-0.2, 0) is 0 Å². The maximum absolute atomic E-state index is 6.29. The SMILES string of the molecule is Nc1c(Cl)n(-c2ccncc2)c2ccccc12. The summed E-state index contributed by atoms with van der Waals surface area (Å²) in [5.41, 5.74) is 8.58. The summed E-state index contributed by atoms with van der Waals surface area (Å²) >= 11 is 6.29. The van der Waals surface area contributed by atoms with E-state index in [-0.39, 0.29) is 0 Å². The van der Waals surface area contributed by atoms with E-state index in [2.05, 4.69) is 4.98 Å². The maximum Gasteiger partial charge on any atom is 0.137 e. The van der Waals surface area contributed by atoms with Crippen molar-refractivity contribution >= 4 is 28.2 Å². The van der Waals surface area contributed by atoms with Crippen LogP contribution >= 0.6 is 11.6 Å². The molecule has 1 aromatic carbocycles. The smallest absolute Gasteiger partial charge is 0.137 e. The predicted molar refractivity (Wildman–Crippen MR) is 70.5 cm³/mol. The van der Waals surface area contributed by atoms with Gasteiger partial charge in [0.05, 0.1) is 16.9 Å². The number of rotatable bonds is 1. The quantitative estimate of drug-likeness (QED) is 0.713. The minimum Gasteiger partial charge on any atom is -0.396 e. The Balaban J connectivity index is 2.41. The van der Waals surface area contributed by atoms with Crippen LogP contribution in [0.2, 0.25) is 5.15 Å². The summed E-state index contributed by atoms with van der Waals surface area (Å²) in [6, 6.07) is 11.7. The van der Waals surface area contributed by atoms with Gasteiger partial charge in [0.2, 0.25) is 0 Å². The molecular weight excluding hydrogens is 234 g/mol. The Bertz CT molecular complexity index is 674. The second-order valence-electron chi connectivity index (χ2n) is 3.76. The highest BCUT2D eigenvalue weighted by Gasteiger charge is 2.13. The first-order chi connectivity index (χ1) is 8.29.